The first-order valence-electron chi connectivity index (χ1n) is 18.5. The minimum atomic E-state index is -0.780. The molecule has 276 valence electrons. The maximum atomic E-state index is 15.7. The second-order valence-electron chi connectivity index (χ2n) is 14.7. The Labute approximate surface area is 324 Å². The highest BCUT2D eigenvalue weighted by atomic mass is 19.1. The van der Waals surface area contributed by atoms with E-state index in [1.165, 1.54) is 24.3 Å². The van der Waals surface area contributed by atoms with Gasteiger partial charge in [0, 0.05) is 32.7 Å². The molecule has 0 amide bonds. The summed E-state index contributed by atoms with van der Waals surface area (Å²) < 4.78 is 86.8. The molecular formula is C50H24F4O4. The van der Waals surface area contributed by atoms with E-state index in [4.69, 9.17) is 17.7 Å². The van der Waals surface area contributed by atoms with Gasteiger partial charge < -0.3 is 17.7 Å². The van der Waals surface area contributed by atoms with Gasteiger partial charge in [-0.3, -0.25) is 0 Å². The molecule has 0 fully saturated rings. The zero-order chi connectivity index (χ0) is 38.8. The fraction of sp³-hybridized carbons (Fsp3) is 0. The van der Waals surface area contributed by atoms with E-state index < -0.39 is 23.3 Å². The van der Waals surface area contributed by atoms with Gasteiger partial charge in [-0.25, -0.2) is 17.6 Å². The largest absolute Gasteiger partial charge is 0.456 e. The lowest BCUT2D eigenvalue weighted by molar-refractivity contribution is 0.564. The first-order chi connectivity index (χ1) is 28.3. The molecule has 0 bridgehead atoms. The summed E-state index contributed by atoms with van der Waals surface area (Å²) in [5, 5.41) is 8.46. The fourth-order valence-electron chi connectivity index (χ4n) is 8.21. The van der Waals surface area contributed by atoms with E-state index in [1.54, 1.807) is 24.3 Å². The smallest absolute Gasteiger partial charge is 0.141 e. The van der Waals surface area contributed by atoms with E-state index in [-0.39, 0.29) is 33.8 Å². The van der Waals surface area contributed by atoms with Crippen LogP contribution in [0.15, 0.2) is 163 Å². The van der Waals surface area contributed by atoms with Crippen molar-refractivity contribution < 1.29 is 35.2 Å². The van der Waals surface area contributed by atoms with Crippen molar-refractivity contribution >= 4 is 76.2 Å². The van der Waals surface area contributed by atoms with Gasteiger partial charge >= 0.3 is 0 Å². The molecule has 0 N–H and O–H groups in total. The molecule has 0 aliphatic rings. The second-order valence-corrected chi connectivity index (χ2v) is 14.7. The van der Waals surface area contributed by atoms with E-state index in [1.807, 2.05) is 97.1 Å². The summed E-state index contributed by atoms with van der Waals surface area (Å²) in [7, 11) is 0. The Bertz CT molecular complexity index is 3240. The summed E-state index contributed by atoms with van der Waals surface area (Å²) in [6, 6.07) is 42.3. The average molecular weight is 765 g/mol. The molecule has 0 saturated heterocycles. The molecule has 0 atom stereocenters. The monoisotopic (exact) mass is 764 g/mol. The lowest BCUT2D eigenvalue weighted by Gasteiger charge is -2.04. The van der Waals surface area contributed by atoms with Crippen molar-refractivity contribution in [2.24, 2.45) is 0 Å². The van der Waals surface area contributed by atoms with Crippen molar-refractivity contribution in [3.63, 3.8) is 0 Å². The van der Waals surface area contributed by atoms with Crippen LogP contribution in [-0.4, -0.2) is 0 Å². The van der Waals surface area contributed by atoms with Crippen molar-refractivity contribution in [1.29, 1.82) is 0 Å². The van der Waals surface area contributed by atoms with Gasteiger partial charge in [0.2, 0.25) is 0 Å². The second kappa shape index (κ2) is 12.0. The highest BCUT2D eigenvalue weighted by Gasteiger charge is 2.22. The average Bonchev–Trinajstić information content (AvgIpc) is 4.01. The van der Waals surface area contributed by atoms with Gasteiger partial charge in [-0.15, -0.1) is 0 Å². The summed E-state index contributed by atoms with van der Waals surface area (Å²) in [6.07, 6.45) is 0. The molecule has 4 nitrogen and oxygen atoms in total. The Morgan fingerprint density at radius 1 is 0.259 bits per heavy atom. The molecule has 4 aromatic heterocycles. The Balaban J connectivity index is 0.861. The molecular weight excluding hydrogens is 741 g/mol. The third-order valence-electron chi connectivity index (χ3n) is 11.0. The Morgan fingerprint density at radius 2 is 0.534 bits per heavy atom. The predicted octanol–water partition coefficient (Wildman–Crippen LogP) is 15.4. The van der Waals surface area contributed by atoms with Gasteiger partial charge in [-0.1, -0.05) is 48.5 Å². The highest BCUT2D eigenvalue weighted by Crippen LogP contribution is 2.40. The van der Waals surface area contributed by atoms with Crippen LogP contribution in [0, 0.1) is 23.3 Å². The number of fused-ring (bicyclic) bond motifs is 7. The van der Waals surface area contributed by atoms with Gasteiger partial charge in [0.1, 0.15) is 68.6 Å². The maximum Gasteiger partial charge on any atom is 0.141 e. The summed E-state index contributed by atoms with van der Waals surface area (Å²) in [5.41, 5.74) is 2.06. The predicted molar refractivity (Wildman–Crippen MR) is 220 cm³/mol. The lowest BCUT2D eigenvalue weighted by Crippen LogP contribution is -1.90. The molecule has 12 aromatic rings. The molecule has 12 rings (SSSR count). The number of hydrogen-bond acceptors (Lipinski definition) is 4. The van der Waals surface area contributed by atoms with Crippen LogP contribution in [0.2, 0.25) is 0 Å². The topological polar surface area (TPSA) is 52.6 Å². The lowest BCUT2D eigenvalue weighted by atomic mass is 10.0. The first kappa shape index (κ1) is 32.6. The standard InChI is InChI=1S/C50H24F4O4/c51-37-13-35(14-38(52)49(37)47-23-31-9-25-5-1-3-7-27(25)17-41(31)57-47)45-21-33-11-29-20-44-34(12-30(29)19-43(33)55-45)22-46(56-44)36-15-39(53)50(40(54)16-36)48-24-32-10-26-6-2-4-8-28(26)18-42(32)58-48/h1-24H. The van der Waals surface area contributed by atoms with Crippen LogP contribution in [0.3, 0.4) is 0 Å². The van der Waals surface area contributed by atoms with Crippen LogP contribution in [-0.2, 0) is 0 Å². The third kappa shape index (κ3) is 5.08. The molecule has 8 aromatic carbocycles. The molecule has 58 heavy (non-hydrogen) atoms. The SMILES string of the molecule is Fc1cc(-c2cc3cc4cc5oc(-c6cc(F)c(-c7cc8cc9ccccc9cc8o7)c(F)c6)cc5cc4cc3o2)cc(F)c1-c1cc2cc3ccccc3cc2o1. The van der Waals surface area contributed by atoms with Crippen LogP contribution in [0.4, 0.5) is 17.6 Å². The Kier molecular flexibility index (Phi) is 6.73. The minimum absolute atomic E-state index is 0.0964. The molecule has 0 unspecified atom stereocenters. The van der Waals surface area contributed by atoms with Gasteiger partial charge in [0.15, 0.2) is 0 Å². The van der Waals surface area contributed by atoms with Crippen LogP contribution in [0.25, 0.3) is 121 Å². The number of benzene rings is 8. The van der Waals surface area contributed by atoms with E-state index in [9.17, 15) is 0 Å². The number of hydrogen-bond donors (Lipinski definition) is 0. The summed E-state index contributed by atoms with van der Waals surface area (Å²) in [6.45, 7) is 0. The van der Waals surface area contributed by atoms with Gasteiger partial charge in [0.05, 0.1) is 11.1 Å². The van der Waals surface area contributed by atoms with E-state index in [0.29, 0.717) is 44.6 Å². The zero-order valence-electron chi connectivity index (χ0n) is 30.0. The van der Waals surface area contributed by atoms with Crippen LogP contribution in [0.5, 0.6) is 0 Å². The summed E-state index contributed by atoms with van der Waals surface area (Å²) in [4.78, 5) is 0. The molecule has 0 aliphatic heterocycles. The van der Waals surface area contributed by atoms with Crippen LogP contribution < -0.4 is 0 Å². The Morgan fingerprint density at radius 3 is 0.897 bits per heavy atom. The maximum absolute atomic E-state index is 15.7. The van der Waals surface area contributed by atoms with Crippen molar-refractivity contribution in [2.45, 2.75) is 0 Å². The number of furan rings is 4. The van der Waals surface area contributed by atoms with Crippen molar-refractivity contribution in [3.05, 3.63) is 169 Å². The van der Waals surface area contributed by atoms with Crippen molar-refractivity contribution in [1.82, 2.24) is 0 Å². The third-order valence-corrected chi connectivity index (χ3v) is 11.0. The number of rotatable bonds is 4. The fourth-order valence-corrected chi connectivity index (χ4v) is 8.21. The Hall–Kier alpha value is -7.58. The molecule has 0 spiro atoms. The molecule has 8 heteroatoms. The van der Waals surface area contributed by atoms with E-state index >= 15 is 17.6 Å². The van der Waals surface area contributed by atoms with Crippen LogP contribution in [0.1, 0.15) is 0 Å². The van der Waals surface area contributed by atoms with E-state index in [0.717, 1.165) is 43.1 Å². The quantitative estimate of drug-likeness (QED) is 0.168. The zero-order valence-corrected chi connectivity index (χ0v) is 30.0. The number of halogens is 4. The van der Waals surface area contributed by atoms with Crippen molar-refractivity contribution in [3.8, 4) is 45.3 Å². The normalized spacial score (nSPS) is 12.1. The van der Waals surface area contributed by atoms with Gasteiger partial charge in [0.25, 0.3) is 0 Å². The molecule has 0 aliphatic carbocycles. The van der Waals surface area contributed by atoms with Gasteiger partial charge in [-0.2, -0.15) is 0 Å². The molecule has 0 radical (unpaired) electrons. The molecule has 0 saturated carbocycles. The van der Waals surface area contributed by atoms with Crippen molar-refractivity contribution in [2.75, 3.05) is 0 Å². The minimum Gasteiger partial charge on any atom is -0.456 e. The first-order valence-corrected chi connectivity index (χ1v) is 18.5. The van der Waals surface area contributed by atoms with Gasteiger partial charge in [-0.05, 0) is 129 Å². The van der Waals surface area contributed by atoms with E-state index in [2.05, 4.69) is 0 Å². The highest BCUT2D eigenvalue weighted by molar-refractivity contribution is 6.04. The molecule has 4 heterocycles. The van der Waals surface area contributed by atoms with Crippen LogP contribution >= 0.6 is 0 Å². The summed E-state index contributed by atoms with van der Waals surface area (Å²) in [5.74, 6) is -2.34. The summed E-state index contributed by atoms with van der Waals surface area (Å²) >= 11 is 0.